The molecule has 0 bridgehead atoms. The minimum atomic E-state index is -1.19. The molecule has 7 rings (SSSR count). The molecule has 0 radical (unpaired) electrons. The molecule has 1 unspecified atom stereocenters. The largest absolute Gasteiger partial charge is 0.491 e. The van der Waals surface area contributed by atoms with E-state index in [4.69, 9.17) is 37.4 Å². The maximum absolute atomic E-state index is 12.8. The number of anilines is 2. The van der Waals surface area contributed by atoms with Crippen molar-refractivity contribution in [2.24, 2.45) is 0 Å². The highest BCUT2D eigenvalue weighted by molar-refractivity contribution is 6.35. The average molecular weight is 706 g/mol. The summed E-state index contributed by atoms with van der Waals surface area (Å²) in [5, 5.41) is 13.7. The van der Waals surface area contributed by atoms with Gasteiger partial charge >= 0.3 is 5.69 Å². The minimum Gasteiger partial charge on any atom is -0.491 e. The molecule has 0 N–H and O–H groups in total. The molecule has 3 atom stereocenters. The number of nitrogens with zero attached hydrogens (tertiary/aromatic N) is 8. The van der Waals surface area contributed by atoms with Gasteiger partial charge in [-0.05, 0) is 61.9 Å². The van der Waals surface area contributed by atoms with E-state index in [0.29, 0.717) is 22.2 Å². The number of benzene rings is 3. The first-order chi connectivity index (χ1) is 23.8. The lowest BCUT2D eigenvalue weighted by Gasteiger charge is -2.37. The van der Waals surface area contributed by atoms with E-state index in [-0.39, 0.29) is 31.0 Å². The predicted molar refractivity (Wildman–Crippen MR) is 188 cm³/mol. The number of hydrogen-bond donors (Lipinski definition) is 0. The summed E-state index contributed by atoms with van der Waals surface area (Å²) in [4.78, 5) is 19.1. The maximum Gasteiger partial charge on any atom is 0.350 e. The van der Waals surface area contributed by atoms with E-state index in [1.807, 2.05) is 44.2 Å². The number of aromatic nitrogens is 6. The van der Waals surface area contributed by atoms with E-state index in [1.165, 1.54) is 9.48 Å². The second kappa shape index (κ2) is 14.2. The topological polar surface area (TPSA) is 105 Å². The van der Waals surface area contributed by atoms with Gasteiger partial charge in [-0.2, -0.15) is 20.1 Å². The molecular formula is C35H38Cl2N8O4. The molecule has 4 heterocycles. The zero-order valence-electron chi connectivity index (χ0n) is 27.4. The third-order valence-corrected chi connectivity index (χ3v) is 9.66. The Morgan fingerprint density at radius 3 is 2.35 bits per heavy atom. The van der Waals surface area contributed by atoms with Crippen molar-refractivity contribution in [2.45, 2.75) is 44.7 Å². The van der Waals surface area contributed by atoms with Gasteiger partial charge in [-0.15, -0.1) is 0 Å². The van der Waals surface area contributed by atoms with E-state index < -0.39 is 5.79 Å². The highest BCUT2D eigenvalue weighted by atomic mass is 35.5. The fourth-order valence-electron chi connectivity index (χ4n) is 6.24. The molecule has 12 nitrogen and oxygen atoms in total. The van der Waals surface area contributed by atoms with Gasteiger partial charge in [-0.1, -0.05) is 42.3 Å². The SMILES string of the molecule is CCC(C)n1ncn(-c2ccc(N3CCN(c4cccc(OC[C@@H]5CO[C@@](Cn6nccn6)(c6ccc(Cl)cc6Cl)O5)c4)CC3)cc2)c1=O. The quantitative estimate of drug-likeness (QED) is 0.174. The first-order valence-electron chi connectivity index (χ1n) is 16.4. The van der Waals surface area contributed by atoms with Crippen LogP contribution in [-0.2, 0) is 21.8 Å². The van der Waals surface area contributed by atoms with Crippen LogP contribution in [0.5, 0.6) is 5.75 Å². The highest BCUT2D eigenvalue weighted by Gasteiger charge is 2.46. The van der Waals surface area contributed by atoms with Gasteiger partial charge in [0.2, 0.25) is 5.79 Å². The van der Waals surface area contributed by atoms with Gasteiger partial charge < -0.3 is 24.0 Å². The van der Waals surface area contributed by atoms with Gasteiger partial charge in [-0.25, -0.2) is 14.0 Å². The van der Waals surface area contributed by atoms with E-state index in [0.717, 1.165) is 55.4 Å². The molecule has 0 saturated carbocycles. The number of halogens is 2. The molecule has 2 fully saturated rings. The van der Waals surface area contributed by atoms with Crippen LogP contribution in [0.25, 0.3) is 5.69 Å². The van der Waals surface area contributed by atoms with E-state index in [9.17, 15) is 4.79 Å². The third kappa shape index (κ3) is 7.04. The summed E-state index contributed by atoms with van der Waals surface area (Å²) in [5.74, 6) is -0.438. The summed E-state index contributed by atoms with van der Waals surface area (Å²) in [6.07, 6.45) is 5.30. The van der Waals surface area contributed by atoms with Gasteiger partial charge in [0.25, 0.3) is 0 Å². The predicted octanol–water partition coefficient (Wildman–Crippen LogP) is 5.58. The van der Waals surface area contributed by atoms with Crippen LogP contribution in [0.4, 0.5) is 11.4 Å². The maximum atomic E-state index is 12.8. The van der Waals surface area contributed by atoms with Gasteiger partial charge in [0, 0.05) is 54.2 Å². The molecule has 14 heteroatoms. The smallest absolute Gasteiger partial charge is 0.350 e. The lowest BCUT2D eigenvalue weighted by molar-refractivity contribution is -0.192. The Morgan fingerprint density at radius 1 is 0.918 bits per heavy atom. The molecule has 2 saturated heterocycles. The molecule has 2 aliphatic rings. The Kier molecular flexibility index (Phi) is 9.64. The summed E-state index contributed by atoms with van der Waals surface area (Å²) in [7, 11) is 0. The van der Waals surface area contributed by atoms with E-state index in [1.54, 1.807) is 35.4 Å². The normalized spacial score (nSPS) is 20.1. The number of rotatable bonds is 11. The van der Waals surface area contributed by atoms with Crippen molar-refractivity contribution in [3.8, 4) is 11.4 Å². The zero-order chi connectivity index (χ0) is 34.0. The van der Waals surface area contributed by atoms with Crippen LogP contribution < -0.4 is 20.2 Å². The van der Waals surface area contributed by atoms with Crippen molar-refractivity contribution in [1.82, 2.24) is 29.3 Å². The van der Waals surface area contributed by atoms with Crippen LogP contribution in [0.1, 0.15) is 31.9 Å². The minimum absolute atomic E-state index is 0.0603. The van der Waals surface area contributed by atoms with Gasteiger partial charge in [0.1, 0.15) is 31.3 Å². The summed E-state index contributed by atoms with van der Waals surface area (Å²) in [5.41, 5.74) is 3.56. The molecule has 3 aromatic carbocycles. The number of piperazine rings is 1. The average Bonchev–Trinajstić information content (AvgIpc) is 3.88. The van der Waals surface area contributed by atoms with Crippen LogP contribution in [0.2, 0.25) is 10.0 Å². The van der Waals surface area contributed by atoms with Crippen molar-refractivity contribution >= 4 is 34.6 Å². The zero-order valence-corrected chi connectivity index (χ0v) is 28.9. The van der Waals surface area contributed by atoms with Crippen molar-refractivity contribution in [2.75, 3.05) is 49.2 Å². The van der Waals surface area contributed by atoms with Crippen molar-refractivity contribution < 1.29 is 14.2 Å². The standard InChI is InChI=1S/C35H38Cl2N8O4/c1-3-25(2)45-34(46)43(24-40-45)28-10-8-27(9-11-28)41-15-17-42(18-16-41)29-5-4-6-30(20-29)47-21-31-22-48-35(49-31,23-44-38-13-14-39-44)32-12-7-26(36)19-33(32)37/h4-14,19-20,24-25,31H,3,15-18,21-23H2,1-2H3/t25?,31-,35-/m1/s1. The van der Waals surface area contributed by atoms with Gasteiger partial charge in [0.05, 0.1) is 35.8 Å². The summed E-state index contributed by atoms with van der Waals surface area (Å²) >= 11 is 12.8. The van der Waals surface area contributed by atoms with Crippen molar-refractivity contribution in [1.29, 1.82) is 0 Å². The van der Waals surface area contributed by atoms with Crippen LogP contribution in [0, 0.1) is 0 Å². The van der Waals surface area contributed by atoms with Crippen molar-refractivity contribution in [3.63, 3.8) is 0 Å². The summed E-state index contributed by atoms with van der Waals surface area (Å²) < 4.78 is 22.1. The molecule has 0 amide bonds. The molecular weight excluding hydrogens is 667 g/mol. The van der Waals surface area contributed by atoms with Crippen LogP contribution in [0.3, 0.4) is 0 Å². The second-order valence-corrected chi connectivity index (χ2v) is 13.1. The Labute approximate surface area is 294 Å². The molecule has 0 spiro atoms. The first-order valence-corrected chi connectivity index (χ1v) is 17.2. The van der Waals surface area contributed by atoms with Gasteiger partial charge in [-0.3, -0.25) is 0 Å². The fraction of sp³-hybridized carbons (Fsp3) is 0.371. The molecule has 2 aliphatic heterocycles. The fourth-order valence-corrected chi connectivity index (χ4v) is 6.79. The lowest BCUT2D eigenvalue weighted by atomic mass is 10.1. The molecule has 49 heavy (non-hydrogen) atoms. The molecule has 2 aromatic heterocycles. The molecule has 0 aliphatic carbocycles. The Hall–Kier alpha value is -4.36. The Bertz CT molecular complexity index is 1920. The third-order valence-electron chi connectivity index (χ3n) is 9.11. The van der Waals surface area contributed by atoms with Gasteiger partial charge in [0.15, 0.2) is 0 Å². The summed E-state index contributed by atoms with van der Waals surface area (Å²) in [6, 6.07) is 21.5. The van der Waals surface area contributed by atoms with E-state index >= 15 is 0 Å². The van der Waals surface area contributed by atoms with Crippen LogP contribution >= 0.6 is 23.2 Å². The first kappa shape index (κ1) is 33.2. The second-order valence-electron chi connectivity index (χ2n) is 12.3. The highest BCUT2D eigenvalue weighted by Crippen LogP contribution is 2.40. The van der Waals surface area contributed by atoms with Crippen LogP contribution in [0.15, 0.2) is 90.2 Å². The monoisotopic (exact) mass is 704 g/mol. The van der Waals surface area contributed by atoms with Crippen molar-refractivity contribution in [3.05, 3.63) is 112 Å². The Balaban J connectivity index is 0.954. The van der Waals surface area contributed by atoms with Crippen LogP contribution in [-0.4, -0.2) is 74.8 Å². The summed E-state index contributed by atoms with van der Waals surface area (Å²) in [6.45, 7) is 8.31. The number of hydrogen-bond acceptors (Lipinski definition) is 9. The Morgan fingerprint density at radius 2 is 1.63 bits per heavy atom. The number of ether oxygens (including phenoxy) is 3. The molecule has 256 valence electrons. The molecule has 5 aromatic rings. The van der Waals surface area contributed by atoms with E-state index in [2.05, 4.69) is 49.4 Å². The lowest BCUT2D eigenvalue weighted by Crippen LogP contribution is -2.46.